The highest BCUT2D eigenvalue weighted by atomic mass is 16.5. The highest BCUT2D eigenvalue weighted by molar-refractivity contribution is 5.77. The van der Waals surface area contributed by atoms with Crippen LogP contribution in [0.4, 0.5) is 5.69 Å². The average Bonchev–Trinajstić information content (AvgIpc) is 2.52. The van der Waals surface area contributed by atoms with Crippen LogP contribution < -0.4 is 10.1 Å². The standard InChI is InChI=1S/C17H21N3O2/c1-13-8-9-18-11-15(13)19-10-14-6-4-5-7-16(14)22-12-17(21)20(2)3/h4-9,11,19H,10,12H2,1-3H3. The van der Waals surface area contributed by atoms with Crippen LogP contribution in [0.25, 0.3) is 0 Å². The molecule has 5 heteroatoms. The zero-order valence-electron chi connectivity index (χ0n) is 13.2. The van der Waals surface area contributed by atoms with E-state index in [-0.39, 0.29) is 12.5 Å². The number of amides is 1. The number of ether oxygens (including phenoxy) is 1. The molecule has 0 fully saturated rings. The van der Waals surface area contributed by atoms with E-state index in [0.29, 0.717) is 12.3 Å². The molecule has 0 saturated carbocycles. The van der Waals surface area contributed by atoms with E-state index in [9.17, 15) is 4.79 Å². The lowest BCUT2D eigenvalue weighted by atomic mass is 10.2. The molecule has 0 spiro atoms. The van der Waals surface area contributed by atoms with Gasteiger partial charge in [0.1, 0.15) is 5.75 Å². The van der Waals surface area contributed by atoms with Crippen LogP contribution in [0.5, 0.6) is 5.75 Å². The summed E-state index contributed by atoms with van der Waals surface area (Å²) in [6, 6.07) is 9.66. The second kappa shape index (κ2) is 7.45. The van der Waals surface area contributed by atoms with Crippen molar-refractivity contribution < 1.29 is 9.53 Å². The SMILES string of the molecule is Cc1ccncc1NCc1ccccc1OCC(=O)N(C)C. The van der Waals surface area contributed by atoms with Crippen molar-refractivity contribution >= 4 is 11.6 Å². The first-order chi connectivity index (χ1) is 10.6. The normalized spacial score (nSPS) is 10.1. The Balaban J connectivity index is 2.02. The lowest BCUT2D eigenvalue weighted by Gasteiger charge is -2.15. The summed E-state index contributed by atoms with van der Waals surface area (Å²) in [6.45, 7) is 2.68. The molecule has 0 aliphatic rings. The number of aromatic nitrogens is 1. The molecule has 2 rings (SSSR count). The quantitative estimate of drug-likeness (QED) is 0.890. The number of aryl methyl sites for hydroxylation is 1. The Kier molecular flexibility index (Phi) is 5.36. The Labute approximate surface area is 130 Å². The summed E-state index contributed by atoms with van der Waals surface area (Å²) in [5, 5.41) is 3.34. The fraction of sp³-hybridized carbons (Fsp3) is 0.294. The first-order valence-corrected chi connectivity index (χ1v) is 7.13. The third kappa shape index (κ3) is 4.22. The van der Waals surface area contributed by atoms with Gasteiger partial charge >= 0.3 is 0 Å². The summed E-state index contributed by atoms with van der Waals surface area (Å²) in [6.07, 6.45) is 3.57. The minimum atomic E-state index is -0.0640. The Morgan fingerprint density at radius 1 is 1.27 bits per heavy atom. The van der Waals surface area contributed by atoms with Crippen LogP contribution in [0.1, 0.15) is 11.1 Å². The lowest BCUT2D eigenvalue weighted by Crippen LogP contribution is -2.27. The van der Waals surface area contributed by atoms with Gasteiger partial charge in [0.15, 0.2) is 6.61 Å². The number of pyridine rings is 1. The van der Waals surface area contributed by atoms with Crippen LogP contribution >= 0.6 is 0 Å². The second-order valence-corrected chi connectivity index (χ2v) is 5.23. The van der Waals surface area contributed by atoms with E-state index >= 15 is 0 Å². The molecular weight excluding hydrogens is 278 g/mol. The summed E-state index contributed by atoms with van der Waals surface area (Å²) in [5.41, 5.74) is 3.12. The number of carbonyl (C=O) groups is 1. The van der Waals surface area contributed by atoms with E-state index in [1.54, 1.807) is 26.5 Å². The van der Waals surface area contributed by atoms with Crippen LogP contribution in [-0.2, 0) is 11.3 Å². The van der Waals surface area contributed by atoms with Crippen molar-refractivity contribution in [1.82, 2.24) is 9.88 Å². The number of rotatable bonds is 6. The molecule has 1 heterocycles. The maximum Gasteiger partial charge on any atom is 0.259 e. The molecule has 0 atom stereocenters. The van der Waals surface area contributed by atoms with Crippen molar-refractivity contribution in [3.63, 3.8) is 0 Å². The number of carbonyl (C=O) groups excluding carboxylic acids is 1. The topological polar surface area (TPSA) is 54.5 Å². The van der Waals surface area contributed by atoms with E-state index in [1.165, 1.54) is 4.90 Å². The monoisotopic (exact) mass is 299 g/mol. The van der Waals surface area contributed by atoms with Crippen LogP contribution in [-0.4, -0.2) is 36.5 Å². The van der Waals surface area contributed by atoms with E-state index in [1.807, 2.05) is 37.3 Å². The van der Waals surface area contributed by atoms with E-state index in [2.05, 4.69) is 10.3 Å². The summed E-state index contributed by atoms with van der Waals surface area (Å²) in [5.74, 6) is 0.651. The van der Waals surface area contributed by atoms with Gasteiger partial charge in [-0.25, -0.2) is 0 Å². The molecule has 1 aromatic carbocycles. The molecule has 1 N–H and O–H groups in total. The van der Waals surface area contributed by atoms with Crippen molar-refractivity contribution in [2.45, 2.75) is 13.5 Å². The van der Waals surface area contributed by atoms with Gasteiger partial charge in [-0.3, -0.25) is 9.78 Å². The highest BCUT2D eigenvalue weighted by Gasteiger charge is 2.08. The lowest BCUT2D eigenvalue weighted by molar-refractivity contribution is -0.130. The van der Waals surface area contributed by atoms with Gasteiger partial charge in [-0.1, -0.05) is 18.2 Å². The fourth-order valence-corrected chi connectivity index (χ4v) is 1.90. The number of hydrogen-bond donors (Lipinski definition) is 1. The summed E-state index contributed by atoms with van der Waals surface area (Å²) >= 11 is 0. The van der Waals surface area contributed by atoms with Gasteiger partial charge in [0.05, 0.1) is 11.9 Å². The van der Waals surface area contributed by atoms with E-state index in [0.717, 1.165) is 16.8 Å². The Bertz CT molecular complexity index is 641. The summed E-state index contributed by atoms with van der Waals surface area (Å²) in [4.78, 5) is 17.3. The zero-order valence-corrected chi connectivity index (χ0v) is 13.2. The molecule has 116 valence electrons. The van der Waals surface area contributed by atoms with Gasteiger partial charge in [-0.2, -0.15) is 0 Å². The molecule has 0 aliphatic carbocycles. The predicted octanol–water partition coefficient (Wildman–Crippen LogP) is 2.47. The van der Waals surface area contributed by atoms with Crippen molar-refractivity contribution in [1.29, 1.82) is 0 Å². The number of nitrogens with zero attached hydrogens (tertiary/aromatic N) is 2. The maximum absolute atomic E-state index is 11.6. The minimum Gasteiger partial charge on any atom is -0.483 e. The van der Waals surface area contributed by atoms with Crippen LogP contribution in [0.3, 0.4) is 0 Å². The molecule has 22 heavy (non-hydrogen) atoms. The first-order valence-electron chi connectivity index (χ1n) is 7.13. The number of anilines is 1. The fourth-order valence-electron chi connectivity index (χ4n) is 1.90. The van der Waals surface area contributed by atoms with E-state index in [4.69, 9.17) is 4.74 Å². The molecule has 2 aromatic rings. The average molecular weight is 299 g/mol. The number of hydrogen-bond acceptors (Lipinski definition) is 4. The van der Waals surface area contributed by atoms with Crippen molar-refractivity contribution in [3.05, 3.63) is 53.9 Å². The van der Waals surface area contributed by atoms with Gasteiger partial charge in [0.25, 0.3) is 5.91 Å². The van der Waals surface area contributed by atoms with Crippen molar-refractivity contribution in [3.8, 4) is 5.75 Å². The van der Waals surface area contributed by atoms with Crippen LogP contribution in [0, 0.1) is 6.92 Å². The molecule has 5 nitrogen and oxygen atoms in total. The molecule has 0 unspecified atom stereocenters. The molecule has 0 bridgehead atoms. The molecule has 0 aliphatic heterocycles. The number of nitrogens with one attached hydrogen (secondary N) is 1. The smallest absolute Gasteiger partial charge is 0.259 e. The van der Waals surface area contributed by atoms with Crippen LogP contribution in [0.15, 0.2) is 42.7 Å². The predicted molar refractivity (Wildman–Crippen MR) is 86.9 cm³/mol. The number of para-hydroxylation sites is 1. The summed E-state index contributed by atoms with van der Waals surface area (Å²) in [7, 11) is 3.43. The Morgan fingerprint density at radius 3 is 2.77 bits per heavy atom. The molecular formula is C17H21N3O2. The van der Waals surface area contributed by atoms with Gasteiger partial charge in [-0.15, -0.1) is 0 Å². The second-order valence-electron chi connectivity index (χ2n) is 5.23. The van der Waals surface area contributed by atoms with Crippen molar-refractivity contribution in [2.75, 3.05) is 26.0 Å². The van der Waals surface area contributed by atoms with Gasteiger partial charge < -0.3 is 15.0 Å². The molecule has 0 saturated heterocycles. The maximum atomic E-state index is 11.6. The molecule has 0 radical (unpaired) electrons. The molecule has 1 amide bonds. The highest BCUT2D eigenvalue weighted by Crippen LogP contribution is 2.20. The van der Waals surface area contributed by atoms with Crippen LogP contribution in [0.2, 0.25) is 0 Å². The van der Waals surface area contributed by atoms with Gasteiger partial charge in [-0.05, 0) is 24.6 Å². The molecule has 1 aromatic heterocycles. The third-order valence-electron chi connectivity index (χ3n) is 3.33. The van der Waals surface area contributed by atoms with Gasteiger partial charge in [0.2, 0.25) is 0 Å². The Hall–Kier alpha value is -2.56. The first kappa shape index (κ1) is 15.8. The van der Waals surface area contributed by atoms with Gasteiger partial charge in [0, 0.05) is 32.4 Å². The minimum absolute atomic E-state index is 0.0376. The number of likely N-dealkylation sites (N-methyl/N-ethyl adjacent to an activating group) is 1. The largest absolute Gasteiger partial charge is 0.483 e. The Morgan fingerprint density at radius 2 is 2.05 bits per heavy atom. The third-order valence-corrected chi connectivity index (χ3v) is 3.33. The van der Waals surface area contributed by atoms with Crippen molar-refractivity contribution in [2.24, 2.45) is 0 Å². The summed E-state index contributed by atoms with van der Waals surface area (Å²) < 4.78 is 5.63. The zero-order chi connectivity index (χ0) is 15.9. The van der Waals surface area contributed by atoms with E-state index < -0.39 is 0 Å². The number of benzene rings is 1.